The molecule has 0 saturated carbocycles. The van der Waals surface area contributed by atoms with Crippen molar-refractivity contribution in [3.8, 4) is 5.75 Å². The van der Waals surface area contributed by atoms with Gasteiger partial charge in [-0.1, -0.05) is 15.9 Å². The first-order valence-electron chi connectivity index (χ1n) is 8.16. The molecule has 1 aliphatic rings. The lowest BCUT2D eigenvalue weighted by atomic mass is 10.1. The molecule has 1 aromatic carbocycles. The highest BCUT2D eigenvalue weighted by molar-refractivity contribution is 9.10. The van der Waals surface area contributed by atoms with Gasteiger partial charge in [0.1, 0.15) is 23.3 Å². The van der Waals surface area contributed by atoms with Crippen molar-refractivity contribution >= 4 is 27.5 Å². The van der Waals surface area contributed by atoms with E-state index in [2.05, 4.69) is 21.0 Å². The lowest BCUT2D eigenvalue weighted by molar-refractivity contribution is -0.135. The number of ether oxygens (including phenoxy) is 1. The fraction of sp³-hybridized carbons (Fsp3) is 0.158. The zero-order valence-electron chi connectivity index (χ0n) is 14.0. The topological polar surface area (TPSA) is 68.2 Å². The number of hydrazone groups is 1. The number of nitrogens with zero attached hydrogens (tertiary/aromatic N) is 2. The van der Waals surface area contributed by atoms with E-state index in [1.165, 1.54) is 23.4 Å². The maximum Gasteiger partial charge on any atom is 0.281 e. The van der Waals surface area contributed by atoms with Crippen LogP contribution in [0.5, 0.6) is 5.75 Å². The molecular formula is C19H14BrFN2O4. The summed E-state index contributed by atoms with van der Waals surface area (Å²) < 4.78 is 30.7. The Bertz CT molecular complexity index is 970. The molecule has 1 atom stereocenters. The number of hydrogen-bond donors (Lipinski definition) is 0. The number of furan rings is 2. The summed E-state index contributed by atoms with van der Waals surface area (Å²) in [7, 11) is 0. The highest BCUT2D eigenvalue weighted by Gasteiger charge is 2.35. The first-order valence-corrected chi connectivity index (χ1v) is 8.96. The number of carbonyl (C=O) groups is 1. The third-order valence-electron chi connectivity index (χ3n) is 4.09. The van der Waals surface area contributed by atoms with Gasteiger partial charge in [0.05, 0.1) is 12.5 Å². The van der Waals surface area contributed by atoms with E-state index in [0.717, 1.165) is 0 Å². The maximum absolute atomic E-state index is 13.9. The van der Waals surface area contributed by atoms with Gasteiger partial charge in [-0.3, -0.25) is 4.79 Å². The summed E-state index contributed by atoms with van der Waals surface area (Å²) in [5.41, 5.74) is 0.629. The van der Waals surface area contributed by atoms with Gasteiger partial charge in [0, 0.05) is 10.9 Å². The molecule has 138 valence electrons. The van der Waals surface area contributed by atoms with E-state index in [4.69, 9.17) is 13.6 Å². The van der Waals surface area contributed by atoms with Crippen LogP contribution in [-0.4, -0.2) is 23.2 Å². The molecule has 0 aliphatic carbocycles. The Morgan fingerprint density at radius 1 is 1.26 bits per heavy atom. The Kier molecular flexibility index (Phi) is 4.81. The van der Waals surface area contributed by atoms with E-state index in [1.54, 1.807) is 36.6 Å². The minimum atomic E-state index is -0.555. The van der Waals surface area contributed by atoms with E-state index in [-0.39, 0.29) is 12.4 Å². The zero-order valence-corrected chi connectivity index (χ0v) is 15.6. The highest BCUT2D eigenvalue weighted by atomic mass is 79.9. The van der Waals surface area contributed by atoms with Crippen molar-refractivity contribution in [2.45, 2.75) is 12.5 Å². The first kappa shape index (κ1) is 17.5. The number of rotatable bonds is 5. The molecule has 0 N–H and O–H groups in total. The molecule has 3 aromatic rings. The predicted octanol–water partition coefficient (Wildman–Crippen LogP) is 4.53. The van der Waals surface area contributed by atoms with Crippen LogP contribution in [0.15, 0.2) is 73.4 Å². The Morgan fingerprint density at radius 3 is 2.78 bits per heavy atom. The Labute approximate surface area is 162 Å². The van der Waals surface area contributed by atoms with Crippen molar-refractivity contribution in [2.24, 2.45) is 5.10 Å². The Morgan fingerprint density at radius 2 is 2.07 bits per heavy atom. The molecule has 3 heterocycles. The third kappa shape index (κ3) is 3.66. The zero-order chi connectivity index (χ0) is 18.8. The maximum atomic E-state index is 13.9. The summed E-state index contributed by atoms with van der Waals surface area (Å²) in [6.45, 7) is -0.356. The SMILES string of the molecule is O=C(COc1ccc(Br)cc1F)N1N=C(c2ccco2)CC1c1ccco1. The summed E-state index contributed by atoms with van der Waals surface area (Å²) >= 11 is 3.18. The molecule has 8 heteroatoms. The molecule has 0 bridgehead atoms. The van der Waals surface area contributed by atoms with Crippen LogP contribution in [0.4, 0.5) is 4.39 Å². The standard InChI is InChI=1S/C19H14BrFN2O4/c20-12-5-6-16(13(21)9-12)27-11-19(24)23-15(18-4-2-8-26-18)10-14(22-23)17-3-1-7-25-17/h1-9,15H,10-11H2. The van der Waals surface area contributed by atoms with Crippen molar-refractivity contribution < 1.29 is 22.8 Å². The fourth-order valence-electron chi connectivity index (χ4n) is 2.83. The second-order valence-electron chi connectivity index (χ2n) is 5.86. The third-order valence-corrected chi connectivity index (χ3v) is 4.58. The molecular weight excluding hydrogens is 419 g/mol. The second kappa shape index (κ2) is 7.40. The van der Waals surface area contributed by atoms with Crippen LogP contribution in [0.2, 0.25) is 0 Å². The summed E-state index contributed by atoms with van der Waals surface area (Å²) in [5, 5.41) is 5.68. The smallest absolute Gasteiger partial charge is 0.281 e. The quantitative estimate of drug-likeness (QED) is 0.593. The Balaban J connectivity index is 1.53. The number of halogens is 2. The van der Waals surface area contributed by atoms with Crippen LogP contribution >= 0.6 is 15.9 Å². The van der Waals surface area contributed by atoms with Gasteiger partial charge in [-0.25, -0.2) is 9.40 Å². The van der Waals surface area contributed by atoms with Crippen molar-refractivity contribution in [2.75, 3.05) is 6.61 Å². The highest BCUT2D eigenvalue weighted by Crippen LogP contribution is 2.33. The van der Waals surface area contributed by atoms with E-state index >= 15 is 0 Å². The predicted molar refractivity (Wildman–Crippen MR) is 97.8 cm³/mol. The second-order valence-corrected chi connectivity index (χ2v) is 6.78. The number of amides is 1. The van der Waals surface area contributed by atoms with E-state index in [9.17, 15) is 9.18 Å². The number of benzene rings is 1. The van der Waals surface area contributed by atoms with E-state index in [1.807, 2.05) is 0 Å². The van der Waals surface area contributed by atoms with Crippen LogP contribution in [-0.2, 0) is 4.79 Å². The molecule has 6 nitrogen and oxygen atoms in total. The van der Waals surface area contributed by atoms with Crippen LogP contribution < -0.4 is 4.74 Å². The summed E-state index contributed by atoms with van der Waals surface area (Å²) in [5.74, 6) is 0.210. The summed E-state index contributed by atoms with van der Waals surface area (Å²) in [6, 6.07) is 11.0. The van der Waals surface area contributed by atoms with Crippen molar-refractivity contribution in [3.05, 3.63) is 76.8 Å². The van der Waals surface area contributed by atoms with Gasteiger partial charge in [0.15, 0.2) is 18.2 Å². The van der Waals surface area contributed by atoms with Gasteiger partial charge >= 0.3 is 0 Å². The van der Waals surface area contributed by atoms with Gasteiger partial charge in [0.25, 0.3) is 5.91 Å². The molecule has 1 amide bonds. The Hall–Kier alpha value is -2.87. The normalized spacial score (nSPS) is 16.4. The van der Waals surface area contributed by atoms with Gasteiger partial charge in [-0.2, -0.15) is 5.10 Å². The summed E-state index contributed by atoms with van der Waals surface area (Å²) in [4.78, 5) is 12.7. The van der Waals surface area contributed by atoms with Gasteiger partial charge in [-0.05, 0) is 42.5 Å². The fourth-order valence-corrected chi connectivity index (χ4v) is 3.17. The van der Waals surface area contributed by atoms with Gasteiger partial charge < -0.3 is 13.6 Å². The minimum absolute atomic E-state index is 0.00414. The van der Waals surface area contributed by atoms with Crippen molar-refractivity contribution in [1.29, 1.82) is 0 Å². The molecule has 0 radical (unpaired) electrons. The molecule has 1 aliphatic heterocycles. The molecule has 0 fully saturated rings. The number of carbonyl (C=O) groups excluding carboxylic acids is 1. The molecule has 0 spiro atoms. The van der Waals surface area contributed by atoms with E-state index < -0.39 is 17.8 Å². The van der Waals surface area contributed by atoms with Crippen LogP contribution in [0.1, 0.15) is 24.0 Å². The first-order chi connectivity index (χ1) is 13.1. The van der Waals surface area contributed by atoms with Gasteiger partial charge in [0.2, 0.25) is 0 Å². The average molecular weight is 433 g/mol. The van der Waals surface area contributed by atoms with Crippen molar-refractivity contribution in [3.63, 3.8) is 0 Å². The molecule has 4 rings (SSSR count). The lowest BCUT2D eigenvalue weighted by Gasteiger charge is -2.20. The molecule has 1 unspecified atom stereocenters. The minimum Gasteiger partial charge on any atom is -0.481 e. The largest absolute Gasteiger partial charge is 0.481 e. The molecule has 0 saturated heterocycles. The van der Waals surface area contributed by atoms with Crippen LogP contribution in [0, 0.1) is 5.82 Å². The molecule has 27 heavy (non-hydrogen) atoms. The average Bonchev–Trinajstić information content (AvgIpc) is 3.40. The van der Waals surface area contributed by atoms with E-state index in [0.29, 0.717) is 28.1 Å². The van der Waals surface area contributed by atoms with Crippen LogP contribution in [0.3, 0.4) is 0 Å². The summed E-state index contributed by atoms with van der Waals surface area (Å²) in [6.07, 6.45) is 3.53. The lowest BCUT2D eigenvalue weighted by Crippen LogP contribution is -2.31. The number of hydrogen-bond acceptors (Lipinski definition) is 5. The van der Waals surface area contributed by atoms with Gasteiger partial charge in [-0.15, -0.1) is 0 Å². The van der Waals surface area contributed by atoms with Crippen LogP contribution in [0.25, 0.3) is 0 Å². The van der Waals surface area contributed by atoms with Crippen molar-refractivity contribution in [1.82, 2.24) is 5.01 Å². The monoisotopic (exact) mass is 432 g/mol. The molecule has 2 aromatic heterocycles.